The van der Waals surface area contributed by atoms with E-state index in [-0.39, 0.29) is 0 Å². The van der Waals surface area contributed by atoms with E-state index in [4.69, 9.17) is 15.0 Å². The van der Waals surface area contributed by atoms with E-state index < -0.39 is 24.2 Å². The van der Waals surface area contributed by atoms with Crippen LogP contribution in [0.4, 0.5) is 13.2 Å². The number of hydrogen-bond donors (Lipinski definition) is 3. The third kappa shape index (κ3) is 8.78. The van der Waals surface area contributed by atoms with Crippen molar-refractivity contribution in [3.8, 4) is 0 Å². The number of rotatable bonds is 2. The Morgan fingerprint density at radius 3 is 1.57 bits per heavy atom. The minimum Gasteiger partial charge on any atom is -0.480 e. The number of carbonyl (C=O) groups is 2. The van der Waals surface area contributed by atoms with Crippen molar-refractivity contribution < 1.29 is 33.0 Å². The van der Waals surface area contributed by atoms with Crippen molar-refractivity contribution in [3.05, 3.63) is 0 Å². The van der Waals surface area contributed by atoms with E-state index in [2.05, 4.69) is 5.32 Å². The van der Waals surface area contributed by atoms with Crippen LogP contribution in [0.2, 0.25) is 0 Å². The van der Waals surface area contributed by atoms with E-state index in [1.54, 1.807) is 14.0 Å². The van der Waals surface area contributed by atoms with E-state index >= 15 is 0 Å². The zero-order valence-electron chi connectivity index (χ0n) is 7.42. The Kier molecular flexibility index (Phi) is 6.71. The monoisotopic (exact) mass is 217 g/mol. The first kappa shape index (κ1) is 15.2. The summed E-state index contributed by atoms with van der Waals surface area (Å²) in [7, 11) is 1.61. The lowest BCUT2D eigenvalue weighted by Gasteiger charge is -1.99. The summed E-state index contributed by atoms with van der Waals surface area (Å²) in [6.07, 6.45) is -5.08. The molecule has 0 aliphatic rings. The maximum absolute atomic E-state index is 10.6. The van der Waals surface area contributed by atoms with Crippen LogP contribution in [-0.4, -0.2) is 41.4 Å². The topological polar surface area (TPSA) is 86.6 Å². The predicted octanol–water partition coefficient (Wildman–Crippen LogP) is 0.312. The first-order valence-electron chi connectivity index (χ1n) is 3.33. The maximum Gasteiger partial charge on any atom is 0.490 e. The molecule has 0 fully saturated rings. The number of hydrogen-bond acceptors (Lipinski definition) is 3. The van der Waals surface area contributed by atoms with Crippen LogP contribution in [0.25, 0.3) is 0 Å². The lowest BCUT2D eigenvalue weighted by atomic mass is 10.4. The van der Waals surface area contributed by atoms with Gasteiger partial charge >= 0.3 is 18.1 Å². The lowest BCUT2D eigenvalue weighted by Crippen LogP contribution is -2.29. The second-order valence-electron chi connectivity index (χ2n) is 2.15. The zero-order chi connectivity index (χ0) is 11.9. The molecule has 0 spiro atoms. The summed E-state index contributed by atoms with van der Waals surface area (Å²) in [5.41, 5.74) is 0. The minimum atomic E-state index is -5.08. The van der Waals surface area contributed by atoms with Gasteiger partial charge in [0.1, 0.15) is 6.04 Å². The van der Waals surface area contributed by atoms with Gasteiger partial charge in [0.25, 0.3) is 0 Å². The average molecular weight is 217 g/mol. The molecule has 0 aromatic heterocycles. The van der Waals surface area contributed by atoms with Crippen molar-refractivity contribution >= 4 is 11.9 Å². The molecular formula is C6H10F3NO4. The molecular weight excluding hydrogens is 207 g/mol. The van der Waals surface area contributed by atoms with Crippen molar-refractivity contribution in [2.45, 2.75) is 19.1 Å². The normalized spacial score (nSPS) is 12.4. The van der Waals surface area contributed by atoms with Crippen LogP contribution in [0.15, 0.2) is 0 Å². The molecule has 0 bridgehead atoms. The molecule has 3 N–H and O–H groups in total. The van der Waals surface area contributed by atoms with Crippen LogP contribution in [0, 0.1) is 0 Å². The molecule has 1 atom stereocenters. The molecule has 14 heavy (non-hydrogen) atoms. The molecule has 8 heteroatoms. The number of alkyl halides is 3. The van der Waals surface area contributed by atoms with Gasteiger partial charge in [-0.3, -0.25) is 4.79 Å². The first-order valence-corrected chi connectivity index (χ1v) is 3.33. The van der Waals surface area contributed by atoms with Crippen molar-refractivity contribution in [1.82, 2.24) is 5.32 Å². The average Bonchev–Trinajstić information content (AvgIpc) is 2.02. The Morgan fingerprint density at radius 1 is 1.29 bits per heavy atom. The third-order valence-corrected chi connectivity index (χ3v) is 1.05. The van der Waals surface area contributed by atoms with Crippen LogP contribution in [0.5, 0.6) is 0 Å². The summed E-state index contributed by atoms with van der Waals surface area (Å²) in [6, 6.07) is -0.431. The van der Waals surface area contributed by atoms with Crippen LogP contribution in [0.3, 0.4) is 0 Å². The van der Waals surface area contributed by atoms with Gasteiger partial charge in [-0.05, 0) is 14.0 Å². The molecule has 84 valence electrons. The van der Waals surface area contributed by atoms with Gasteiger partial charge in [0.15, 0.2) is 0 Å². The Morgan fingerprint density at radius 2 is 1.57 bits per heavy atom. The van der Waals surface area contributed by atoms with Crippen LogP contribution in [0.1, 0.15) is 6.92 Å². The van der Waals surface area contributed by atoms with Crippen molar-refractivity contribution in [1.29, 1.82) is 0 Å². The van der Waals surface area contributed by atoms with Crippen molar-refractivity contribution in [2.24, 2.45) is 0 Å². The molecule has 0 amide bonds. The Balaban J connectivity index is 0. The second kappa shape index (κ2) is 6.19. The maximum atomic E-state index is 10.6. The fourth-order valence-electron chi connectivity index (χ4n) is 0.123. The fraction of sp³-hybridized carbons (Fsp3) is 0.667. The standard InChI is InChI=1S/C4H9NO2.C2HF3O2/c1-3(5-2)4(6)7;3-2(4,5)1(6)7/h3,5H,1-2H3,(H,6,7);(H,6,7)/t3-;/m0./s1. The second-order valence-corrected chi connectivity index (χ2v) is 2.15. The van der Waals surface area contributed by atoms with Crippen LogP contribution >= 0.6 is 0 Å². The van der Waals surface area contributed by atoms with Crippen LogP contribution < -0.4 is 5.32 Å². The van der Waals surface area contributed by atoms with E-state index in [0.29, 0.717) is 0 Å². The van der Waals surface area contributed by atoms with Gasteiger partial charge in [-0.25, -0.2) is 4.79 Å². The SMILES string of the molecule is CN[C@@H](C)C(=O)O.O=C(O)C(F)(F)F. The highest BCUT2D eigenvalue weighted by molar-refractivity contribution is 5.73. The smallest absolute Gasteiger partial charge is 0.480 e. The fourth-order valence-corrected chi connectivity index (χ4v) is 0.123. The van der Waals surface area contributed by atoms with Gasteiger partial charge in [-0.2, -0.15) is 13.2 Å². The molecule has 0 aromatic carbocycles. The van der Waals surface area contributed by atoms with Crippen molar-refractivity contribution in [3.63, 3.8) is 0 Å². The number of aliphatic carboxylic acids is 2. The first-order chi connectivity index (χ1) is 6.12. The molecule has 0 saturated heterocycles. The summed E-state index contributed by atoms with van der Waals surface area (Å²) in [5, 5.41) is 17.8. The largest absolute Gasteiger partial charge is 0.490 e. The highest BCUT2D eigenvalue weighted by atomic mass is 19.4. The summed E-state index contributed by atoms with van der Waals surface area (Å²) >= 11 is 0. The molecule has 5 nitrogen and oxygen atoms in total. The Labute approximate surface area is 77.5 Å². The number of carboxylic acids is 2. The van der Waals surface area contributed by atoms with Crippen molar-refractivity contribution in [2.75, 3.05) is 7.05 Å². The molecule has 0 aliphatic carbocycles. The number of carboxylic acid groups (broad SMARTS) is 2. The molecule has 0 radical (unpaired) electrons. The molecule has 0 rings (SSSR count). The van der Waals surface area contributed by atoms with Gasteiger partial charge in [0.05, 0.1) is 0 Å². The predicted molar refractivity (Wildman–Crippen MR) is 39.8 cm³/mol. The third-order valence-electron chi connectivity index (χ3n) is 1.05. The minimum absolute atomic E-state index is 0.431. The zero-order valence-corrected chi connectivity index (χ0v) is 7.42. The molecule has 0 unspecified atom stereocenters. The Bertz CT molecular complexity index is 204. The highest BCUT2D eigenvalue weighted by Crippen LogP contribution is 2.13. The van der Waals surface area contributed by atoms with E-state index in [1.165, 1.54) is 0 Å². The quantitative estimate of drug-likeness (QED) is 0.619. The van der Waals surface area contributed by atoms with Crippen LogP contribution in [-0.2, 0) is 9.59 Å². The summed E-state index contributed by atoms with van der Waals surface area (Å²) in [6.45, 7) is 1.59. The van der Waals surface area contributed by atoms with E-state index in [0.717, 1.165) is 0 Å². The molecule has 0 heterocycles. The van der Waals surface area contributed by atoms with Gasteiger partial charge in [-0.1, -0.05) is 0 Å². The lowest BCUT2D eigenvalue weighted by molar-refractivity contribution is -0.192. The molecule has 0 saturated carbocycles. The summed E-state index contributed by atoms with van der Waals surface area (Å²) < 4.78 is 31.7. The van der Waals surface area contributed by atoms with Gasteiger partial charge < -0.3 is 15.5 Å². The highest BCUT2D eigenvalue weighted by Gasteiger charge is 2.38. The van der Waals surface area contributed by atoms with E-state index in [1.807, 2.05) is 0 Å². The van der Waals surface area contributed by atoms with Gasteiger partial charge in [0.2, 0.25) is 0 Å². The number of halogens is 3. The Hall–Kier alpha value is -1.31. The number of likely N-dealkylation sites (N-methyl/N-ethyl adjacent to an activating group) is 1. The molecule has 0 aromatic rings. The summed E-state index contributed by atoms with van der Waals surface area (Å²) in [4.78, 5) is 18.8. The molecule has 0 aliphatic heterocycles. The van der Waals surface area contributed by atoms with Gasteiger partial charge in [-0.15, -0.1) is 0 Å². The number of nitrogens with one attached hydrogen (secondary N) is 1. The van der Waals surface area contributed by atoms with Gasteiger partial charge in [0, 0.05) is 0 Å². The van der Waals surface area contributed by atoms with E-state index in [9.17, 15) is 18.0 Å². The summed E-state index contributed by atoms with van der Waals surface area (Å²) in [5.74, 6) is -3.57.